The molecule has 0 amide bonds. The van der Waals surface area contributed by atoms with Gasteiger partial charge < -0.3 is 0 Å². The summed E-state index contributed by atoms with van der Waals surface area (Å²) in [6.07, 6.45) is 0. The second-order valence-corrected chi connectivity index (χ2v) is 9.18. The molecule has 0 heteroatoms. The van der Waals surface area contributed by atoms with E-state index in [1.54, 1.807) is 0 Å². The van der Waals surface area contributed by atoms with E-state index in [-0.39, 0.29) is 53.1 Å². The van der Waals surface area contributed by atoms with Crippen molar-refractivity contribution in [2.75, 3.05) is 0 Å². The maximum atomic E-state index is 9.64. The molecule has 0 saturated carbocycles. The Morgan fingerprint density at radius 1 is 0.342 bits per heavy atom. The van der Waals surface area contributed by atoms with Gasteiger partial charge in [0.2, 0.25) is 0 Å². The zero-order chi connectivity index (χ0) is 31.4. The minimum atomic E-state index is -0.379. The Bertz CT molecular complexity index is 2260. The summed E-state index contributed by atoms with van der Waals surface area (Å²) >= 11 is 0. The van der Waals surface area contributed by atoms with E-state index in [4.69, 9.17) is 2.74 Å². The van der Waals surface area contributed by atoms with Gasteiger partial charge in [-0.05, 0) is 78.2 Å². The van der Waals surface area contributed by atoms with Crippen LogP contribution in [0.25, 0.3) is 66.1 Å². The van der Waals surface area contributed by atoms with Gasteiger partial charge in [-0.2, -0.15) is 0 Å². The molecule has 7 aromatic carbocycles. The van der Waals surface area contributed by atoms with Gasteiger partial charge >= 0.3 is 0 Å². The van der Waals surface area contributed by atoms with Crippen LogP contribution < -0.4 is 0 Å². The zero-order valence-corrected chi connectivity index (χ0v) is 20.5. The van der Waals surface area contributed by atoms with Crippen molar-refractivity contribution in [2.24, 2.45) is 0 Å². The highest BCUT2D eigenvalue weighted by Gasteiger charge is 2.17. The summed E-state index contributed by atoms with van der Waals surface area (Å²) < 4.78 is 64.0. The number of hydrogen-bond donors (Lipinski definition) is 0. The predicted octanol–water partition coefficient (Wildman–Crippen LogP) is 10.7. The van der Waals surface area contributed by atoms with Crippen LogP contribution in [-0.4, -0.2) is 0 Å². The second-order valence-electron chi connectivity index (χ2n) is 9.18. The first-order valence-corrected chi connectivity index (χ1v) is 12.6. The molecule has 38 heavy (non-hydrogen) atoms. The van der Waals surface area contributed by atoms with Gasteiger partial charge in [-0.1, -0.05) is 145 Å². The Morgan fingerprint density at radius 3 is 1.45 bits per heavy atom. The van der Waals surface area contributed by atoms with E-state index in [0.29, 0.717) is 44.2 Å². The fourth-order valence-corrected chi connectivity index (χ4v) is 5.13. The van der Waals surface area contributed by atoms with Crippen LogP contribution in [0.3, 0.4) is 0 Å². The Labute approximate surface area is 233 Å². The molecule has 0 nitrogen and oxygen atoms in total. The monoisotopic (exact) mass is 489 g/mol. The smallest absolute Gasteiger partial charge is 0.0622 e. The van der Waals surface area contributed by atoms with Crippen LogP contribution in [0.5, 0.6) is 0 Å². The van der Waals surface area contributed by atoms with E-state index in [2.05, 4.69) is 0 Å². The summed E-state index contributed by atoms with van der Waals surface area (Å²) in [5, 5.41) is 1.23. The van der Waals surface area contributed by atoms with E-state index < -0.39 is 0 Å². The van der Waals surface area contributed by atoms with Crippen molar-refractivity contribution in [2.45, 2.75) is 0 Å². The molecule has 7 aromatic rings. The molecule has 0 radical (unpaired) electrons. The van der Waals surface area contributed by atoms with Crippen molar-refractivity contribution in [3.63, 3.8) is 0 Å². The van der Waals surface area contributed by atoms with Gasteiger partial charge in [0.05, 0.1) is 9.60 Å². The molecular weight excluding hydrogens is 456 g/mol. The molecule has 0 bridgehead atoms. The van der Waals surface area contributed by atoms with Gasteiger partial charge in [-0.15, -0.1) is 0 Å². The molecule has 178 valence electrons. The molecule has 0 unspecified atom stereocenters. The van der Waals surface area contributed by atoms with Crippen molar-refractivity contribution in [3.05, 3.63) is 158 Å². The number of hydrogen-bond acceptors (Lipinski definition) is 0. The summed E-state index contributed by atoms with van der Waals surface area (Å²) in [5.74, 6) is 0. The summed E-state index contributed by atoms with van der Waals surface area (Å²) in [6, 6.07) is 34.5. The highest BCUT2D eigenvalue weighted by Crippen LogP contribution is 2.45. The highest BCUT2D eigenvalue weighted by atomic mass is 14.2. The third-order valence-electron chi connectivity index (χ3n) is 6.88. The zero-order valence-electron chi connectivity index (χ0n) is 27.5. The maximum absolute atomic E-state index is 9.64. The molecule has 0 aromatic heterocycles. The Kier molecular flexibility index (Phi) is 4.00. The molecule has 0 saturated heterocycles. The van der Waals surface area contributed by atoms with Crippen LogP contribution in [-0.2, 0) is 0 Å². The van der Waals surface area contributed by atoms with Gasteiger partial charge in [0.25, 0.3) is 0 Å². The molecule has 7 rings (SSSR count). The first-order chi connectivity index (χ1) is 21.8. The Balaban J connectivity index is 1.78. The van der Waals surface area contributed by atoms with Crippen molar-refractivity contribution in [1.82, 2.24) is 0 Å². The fraction of sp³-hybridized carbons (Fsp3) is 0. The molecular formula is C38H26. The first-order valence-electron chi connectivity index (χ1n) is 16.1. The van der Waals surface area contributed by atoms with Crippen molar-refractivity contribution in [3.8, 4) is 44.5 Å². The van der Waals surface area contributed by atoms with Gasteiger partial charge in [0.1, 0.15) is 0 Å². The average Bonchev–Trinajstić information content (AvgIpc) is 3.09. The number of benzene rings is 7. The molecule has 0 aliphatic heterocycles. The lowest BCUT2D eigenvalue weighted by Crippen LogP contribution is -1.92. The fourth-order valence-electron chi connectivity index (χ4n) is 5.13. The van der Waals surface area contributed by atoms with Crippen LogP contribution in [0.1, 0.15) is 9.60 Å². The van der Waals surface area contributed by atoms with Crippen LogP contribution in [0.2, 0.25) is 0 Å². The number of rotatable bonds is 4. The van der Waals surface area contributed by atoms with Crippen LogP contribution in [0.15, 0.2) is 158 Å². The molecule has 0 heterocycles. The van der Waals surface area contributed by atoms with Gasteiger partial charge in [0.15, 0.2) is 0 Å². The lowest BCUT2D eigenvalue weighted by atomic mass is 9.84. The SMILES string of the molecule is [2H]c1c([2H])c([2H])c2c(-c3ccccc3)c3c([2H])c(-c4ccccc4)c([2H])c([2H])c3c(-c3cccc(-c4ccccc4)c3)c2c1[2H]. The van der Waals surface area contributed by atoms with E-state index in [0.717, 1.165) is 11.1 Å². The van der Waals surface area contributed by atoms with E-state index >= 15 is 0 Å². The summed E-state index contributed by atoms with van der Waals surface area (Å²) in [7, 11) is 0. The molecule has 0 spiro atoms. The second kappa shape index (κ2) is 9.50. The predicted molar refractivity (Wildman–Crippen MR) is 163 cm³/mol. The highest BCUT2D eigenvalue weighted by molar-refractivity contribution is 6.22. The topological polar surface area (TPSA) is 0 Å². The Morgan fingerprint density at radius 2 is 0.816 bits per heavy atom. The maximum Gasteiger partial charge on any atom is 0.0636 e. The lowest BCUT2D eigenvalue weighted by molar-refractivity contribution is 1.60. The normalized spacial score (nSPS) is 13.7. The van der Waals surface area contributed by atoms with Crippen LogP contribution >= 0.6 is 0 Å². The van der Waals surface area contributed by atoms with E-state index in [1.165, 1.54) is 0 Å². The summed E-state index contributed by atoms with van der Waals surface area (Å²) in [6.45, 7) is 0. The van der Waals surface area contributed by atoms with Gasteiger partial charge in [-0.25, -0.2) is 0 Å². The van der Waals surface area contributed by atoms with Gasteiger partial charge in [-0.3, -0.25) is 0 Å². The van der Waals surface area contributed by atoms with E-state index in [9.17, 15) is 6.85 Å². The minimum absolute atomic E-state index is 0.0332. The van der Waals surface area contributed by atoms with Gasteiger partial charge in [0, 0.05) is 0 Å². The minimum Gasteiger partial charge on any atom is -0.0622 e. The third-order valence-corrected chi connectivity index (χ3v) is 6.88. The molecule has 0 N–H and O–H groups in total. The third kappa shape index (κ3) is 3.88. The Hall–Kier alpha value is -4.94. The molecule has 0 aliphatic rings. The largest absolute Gasteiger partial charge is 0.0636 e. The molecule has 0 aliphatic carbocycles. The average molecular weight is 490 g/mol. The van der Waals surface area contributed by atoms with E-state index in [1.807, 2.05) is 115 Å². The summed E-state index contributed by atoms with van der Waals surface area (Å²) in [5.41, 5.74) is 4.95. The van der Waals surface area contributed by atoms with Crippen LogP contribution in [0, 0.1) is 0 Å². The number of fused-ring (bicyclic) bond motifs is 2. The van der Waals surface area contributed by atoms with Crippen molar-refractivity contribution >= 4 is 21.5 Å². The quantitative estimate of drug-likeness (QED) is 0.216. The summed E-state index contributed by atoms with van der Waals surface area (Å²) in [4.78, 5) is 0. The first kappa shape index (κ1) is 16.0. The molecule has 0 atom stereocenters. The molecule has 0 fully saturated rings. The van der Waals surface area contributed by atoms with Crippen molar-refractivity contribution < 1.29 is 9.60 Å². The van der Waals surface area contributed by atoms with Crippen LogP contribution in [0.4, 0.5) is 0 Å². The lowest BCUT2D eigenvalue weighted by Gasteiger charge is -2.19. The van der Waals surface area contributed by atoms with Crippen molar-refractivity contribution in [1.29, 1.82) is 0 Å². The standard InChI is InChI=1S/C38H26/c1-4-13-27(14-5-1)30-19-12-20-32(25-30)38-34-22-11-10-21-33(34)37(29-17-8-3-9-18-29)36-26-31(23-24-35(36)38)28-15-6-2-7-16-28/h1-26H/i10D,11D,21D,22D,23D,24D,26D.